The normalized spacial score (nSPS) is 10.4. The van der Waals surface area contributed by atoms with Crippen LogP contribution in [0.2, 0.25) is 0 Å². The minimum Gasteiger partial charge on any atom is -0.490 e. The Morgan fingerprint density at radius 3 is 2.51 bits per heavy atom. The van der Waals surface area contributed by atoms with Crippen LogP contribution in [0.4, 0.5) is 11.5 Å². The number of amides is 2. The fourth-order valence-corrected chi connectivity index (χ4v) is 3.23. The van der Waals surface area contributed by atoms with Gasteiger partial charge in [-0.25, -0.2) is 4.98 Å². The summed E-state index contributed by atoms with van der Waals surface area (Å²) in [5.74, 6) is 1.28. The molecule has 4 aromatic rings. The lowest BCUT2D eigenvalue weighted by Gasteiger charge is -2.15. The molecule has 2 heterocycles. The van der Waals surface area contributed by atoms with Gasteiger partial charge in [-0.1, -0.05) is 12.6 Å². The first-order valence-electron chi connectivity index (χ1n) is 10.8. The van der Waals surface area contributed by atoms with Crippen molar-refractivity contribution in [2.45, 2.75) is 0 Å². The summed E-state index contributed by atoms with van der Waals surface area (Å²) in [6, 6.07) is 17.1. The van der Waals surface area contributed by atoms with E-state index in [1.165, 1.54) is 6.08 Å². The largest absolute Gasteiger partial charge is 0.490 e. The lowest BCUT2D eigenvalue weighted by molar-refractivity contribution is -0.111. The Labute approximate surface area is 201 Å². The van der Waals surface area contributed by atoms with Crippen LogP contribution >= 0.6 is 0 Å². The number of aromatic nitrogens is 2. The van der Waals surface area contributed by atoms with Crippen molar-refractivity contribution < 1.29 is 19.1 Å². The monoisotopic (exact) mass is 469 g/mol. The second-order valence-electron chi connectivity index (χ2n) is 7.30. The van der Waals surface area contributed by atoms with E-state index in [1.54, 1.807) is 73.1 Å². The van der Waals surface area contributed by atoms with Crippen LogP contribution in [0.25, 0.3) is 10.9 Å². The number of nitrogens with one attached hydrogen (secondary N) is 2. The van der Waals surface area contributed by atoms with Gasteiger partial charge in [-0.2, -0.15) is 0 Å². The zero-order valence-corrected chi connectivity index (χ0v) is 18.7. The van der Waals surface area contributed by atoms with Gasteiger partial charge < -0.3 is 25.8 Å². The molecule has 0 aliphatic carbocycles. The number of nitrogens with zero attached hydrogens (tertiary/aromatic N) is 2. The molecule has 0 bridgehead atoms. The topological polar surface area (TPSA) is 128 Å². The number of hydrogen-bond donors (Lipinski definition) is 3. The van der Waals surface area contributed by atoms with Gasteiger partial charge in [0.2, 0.25) is 5.91 Å². The first-order valence-corrected chi connectivity index (χ1v) is 10.8. The average molecular weight is 470 g/mol. The predicted octanol–water partition coefficient (Wildman–Crippen LogP) is 4.14. The molecule has 0 aliphatic rings. The minimum absolute atomic E-state index is 0.277. The van der Waals surface area contributed by atoms with Crippen LogP contribution in [0.1, 0.15) is 10.4 Å². The Morgan fingerprint density at radius 2 is 1.80 bits per heavy atom. The van der Waals surface area contributed by atoms with Crippen LogP contribution in [0, 0.1) is 0 Å². The average Bonchev–Trinajstić information content (AvgIpc) is 2.88. The molecular formula is C26H23N5O4. The van der Waals surface area contributed by atoms with E-state index < -0.39 is 0 Å². The molecule has 0 atom stereocenters. The van der Waals surface area contributed by atoms with Crippen molar-refractivity contribution in [3.05, 3.63) is 91.3 Å². The predicted molar refractivity (Wildman–Crippen MR) is 134 cm³/mol. The standard InChI is InChI=1S/C26H23N5O4/c1-2-25(32)30-21-15-19-20(16-23(21)34-14-11-27)28-13-10-22(19)35-18-8-6-17(7-9-18)26(33)31-24-5-3-4-12-29-24/h2-10,12-13,15-16H,1,11,14,27H2,(H,30,32)(H,29,31,33). The van der Waals surface area contributed by atoms with E-state index in [9.17, 15) is 9.59 Å². The molecule has 0 aliphatic heterocycles. The van der Waals surface area contributed by atoms with Crippen LogP contribution in [0.5, 0.6) is 17.2 Å². The van der Waals surface area contributed by atoms with Gasteiger partial charge in [-0.3, -0.25) is 14.6 Å². The van der Waals surface area contributed by atoms with E-state index >= 15 is 0 Å². The number of fused-ring (bicyclic) bond motifs is 1. The van der Waals surface area contributed by atoms with Gasteiger partial charge in [0.25, 0.3) is 5.91 Å². The molecule has 0 saturated heterocycles. The SMILES string of the molecule is C=CC(=O)Nc1cc2c(Oc3ccc(C(=O)Nc4ccccn4)cc3)ccnc2cc1OCCN. The molecule has 0 spiro atoms. The zero-order valence-electron chi connectivity index (χ0n) is 18.7. The Kier molecular flexibility index (Phi) is 7.29. The fourth-order valence-electron chi connectivity index (χ4n) is 3.23. The number of hydrogen-bond acceptors (Lipinski definition) is 7. The van der Waals surface area contributed by atoms with Crippen molar-refractivity contribution in [1.82, 2.24) is 9.97 Å². The molecule has 2 amide bonds. The summed E-state index contributed by atoms with van der Waals surface area (Å²) in [7, 11) is 0. The maximum Gasteiger partial charge on any atom is 0.256 e. The first-order chi connectivity index (χ1) is 17.1. The quantitative estimate of drug-likeness (QED) is 0.314. The van der Waals surface area contributed by atoms with Gasteiger partial charge >= 0.3 is 0 Å². The Bertz CT molecular complexity index is 1360. The molecule has 0 unspecified atom stereocenters. The maximum atomic E-state index is 12.5. The number of ether oxygens (including phenoxy) is 2. The number of rotatable bonds is 9. The Morgan fingerprint density at radius 1 is 0.971 bits per heavy atom. The van der Waals surface area contributed by atoms with Crippen LogP contribution in [-0.4, -0.2) is 34.9 Å². The second kappa shape index (κ2) is 10.9. The fraction of sp³-hybridized carbons (Fsp3) is 0.0769. The molecule has 0 radical (unpaired) electrons. The van der Waals surface area contributed by atoms with E-state index in [2.05, 4.69) is 27.2 Å². The number of carbonyl (C=O) groups is 2. The Hall–Kier alpha value is -4.76. The summed E-state index contributed by atoms with van der Waals surface area (Å²) >= 11 is 0. The highest BCUT2D eigenvalue weighted by Crippen LogP contribution is 2.36. The third kappa shape index (κ3) is 5.79. The summed E-state index contributed by atoms with van der Waals surface area (Å²) < 4.78 is 11.8. The highest BCUT2D eigenvalue weighted by Gasteiger charge is 2.13. The number of carbonyl (C=O) groups excluding carboxylic acids is 2. The minimum atomic E-state index is -0.382. The molecule has 176 valence electrons. The molecule has 2 aromatic heterocycles. The van der Waals surface area contributed by atoms with Crippen molar-refractivity contribution in [3.63, 3.8) is 0 Å². The zero-order chi connectivity index (χ0) is 24.6. The van der Waals surface area contributed by atoms with Crippen molar-refractivity contribution >= 4 is 34.2 Å². The lowest BCUT2D eigenvalue weighted by Crippen LogP contribution is -2.13. The van der Waals surface area contributed by atoms with Gasteiger partial charge in [0, 0.05) is 36.0 Å². The summed E-state index contributed by atoms with van der Waals surface area (Å²) in [6.45, 7) is 4.08. The number of anilines is 2. The van der Waals surface area contributed by atoms with E-state index in [0.717, 1.165) is 0 Å². The van der Waals surface area contributed by atoms with Gasteiger partial charge in [0.05, 0.1) is 11.2 Å². The van der Waals surface area contributed by atoms with Gasteiger partial charge in [-0.15, -0.1) is 0 Å². The molecule has 2 aromatic carbocycles. The number of pyridine rings is 2. The molecule has 9 nitrogen and oxygen atoms in total. The van der Waals surface area contributed by atoms with Crippen molar-refractivity contribution in [2.75, 3.05) is 23.8 Å². The van der Waals surface area contributed by atoms with E-state index in [4.69, 9.17) is 15.2 Å². The summed E-state index contributed by atoms with van der Waals surface area (Å²) in [4.78, 5) is 32.9. The van der Waals surface area contributed by atoms with Crippen molar-refractivity contribution in [1.29, 1.82) is 0 Å². The molecule has 0 saturated carbocycles. The van der Waals surface area contributed by atoms with Crippen LogP contribution in [0.15, 0.2) is 85.7 Å². The van der Waals surface area contributed by atoms with Gasteiger partial charge in [0.15, 0.2) is 0 Å². The molecule has 4 rings (SSSR count). The van der Waals surface area contributed by atoms with Crippen molar-refractivity contribution in [2.24, 2.45) is 5.73 Å². The Balaban J connectivity index is 1.58. The first kappa shape index (κ1) is 23.4. The number of nitrogens with two attached hydrogens (primary N) is 1. The van der Waals surface area contributed by atoms with Crippen LogP contribution < -0.4 is 25.8 Å². The molecule has 4 N–H and O–H groups in total. The highest BCUT2D eigenvalue weighted by molar-refractivity contribution is 6.04. The summed E-state index contributed by atoms with van der Waals surface area (Å²) in [5, 5.41) is 6.13. The molecule has 9 heteroatoms. The number of benzene rings is 2. The van der Waals surface area contributed by atoms with Gasteiger partial charge in [-0.05, 0) is 54.6 Å². The van der Waals surface area contributed by atoms with Crippen molar-refractivity contribution in [3.8, 4) is 17.2 Å². The summed E-state index contributed by atoms with van der Waals surface area (Å²) in [6.07, 6.45) is 4.39. The van der Waals surface area contributed by atoms with Gasteiger partial charge in [0.1, 0.15) is 29.7 Å². The van der Waals surface area contributed by atoms with Crippen LogP contribution in [0.3, 0.4) is 0 Å². The third-order valence-electron chi connectivity index (χ3n) is 4.87. The van der Waals surface area contributed by atoms with Crippen LogP contribution in [-0.2, 0) is 4.79 Å². The molecule has 35 heavy (non-hydrogen) atoms. The van der Waals surface area contributed by atoms with E-state index in [-0.39, 0.29) is 18.4 Å². The maximum absolute atomic E-state index is 12.5. The lowest BCUT2D eigenvalue weighted by atomic mass is 10.1. The summed E-state index contributed by atoms with van der Waals surface area (Å²) in [5.41, 5.74) is 7.06. The third-order valence-corrected chi connectivity index (χ3v) is 4.87. The second-order valence-corrected chi connectivity index (χ2v) is 7.30. The highest BCUT2D eigenvalue weighted by atomic mass is 16.5. The smallest absolute Gasteiger partial charge is 0.256 e. The molecule has 0 fully saturated rings. The van der Waals surface area contributed by atoms with E-state index in [1.807, 2.05) is 0 Å². The van der Waals surface area contributed by atoms with E-state index in [0.29, 0.717) is 51.8 Å². The molecular weight excluding hydrogens is 446 g/mol.